The molecular weight excluding hydrogens is 452 g/mol. The van der Waals surface area contributed by atoms with Gasteiger partial charge < -0.3 is 19.8 Å². The number of hydrogen-bond donors (Lipinski definition) is 1. The van der Waals surface area contributed by atoms with Gasteiger partial charge in [-0.05, 0) is 12.0 Å². The molecule has 1 amide bonds. The van der Waals surface area contributed by atoms with Crippen molar-refractivity contribution >= 4 is 38.5 Å². The van der Waals surface area contributed by atoms with Gasteiger partial charge in [-0.15, -0.1) is 0 Å². The third-order valence-electron chi connectivity index (χ3n) is 4.81. The summed E-state index contributed by atoms with van der Waals surface area (Å²) in [5, 5.41) is -0.578. The minimum absolute atomic E-state index is 0.0112. The van der Waals surface area contributed by atoms with Crippen molar-refractivity contribution in [2.24, 2.45) is 5.73 Å². The van der Waals surface area contributed by atoms with Gasteiger partial charge in [0.15, 0.2) is 6.61 Å². The second kappa shape index (κ2) is 9.36. The molecule has 0 spiro atoms. The van der Waals surface area contributed by atoms with E-state index < -0.39 is 39.3 Å². The van der Waals surface area contributed by atoms with Crippen LogP contribution in [0.25, 0.3) is 11.0 Å². The lowest BCUT2D eigenvalue weighted by Crippen LogP contribution is -2.24. The molecule has 3 aromatic rings. The van der Waals surface area contributed by atoms with Crippen molar-refractivity contribution in [2.75, 3.05) is 20.0 Å². The topological polar surface area (TPSA) is 161 Å². The van der Waals surface area contributed by atoms with E-state index in [4.69, 9.17) is 10.5 Å². The number of fused-ring (bicyclic) bond motifs is 1. The lowest BCUT2D eigenvalue weighted by molar-refractivity contribution is -0.143. The second-order valence-corrected chi connectivity index (χ2v) is 9.00. The summed E-state index contributed by atoms with van der Waals surface area (Å²) < 4.78 is 36.1. The first kappa shape index (κ1) is 23.9. The molecule has 174 valence electrons. The second-order valence-electron chi connectivity index (χ2n) is 7.09. The lowest BCUT2D eigenvalue weighted by atomic mass is 10.1. The number of nitrogens with two attached hydrogens (primary N) is 1. The van der Waals surface area contributed by atoms with Crippen LogP contribution in [0.5, 0.6) is 5.88 Å². The molecule has 2 heterocycles. The molecular formula is C21H22N4O7S. The van der Waals surface area contributed by atoms with E-state index in [-0.39, 0.29) is 35.4 Å². The molecule has 0 aliphatic heterocycles. The first-order valence-electron chi connectivity index (χ1n) is 9.79. The van der Waals surface area contributed by atoms with E-state index >= 15 is 0 Å². The summed E-state index contributed by atoms with van der Waals surface area (Å²) in [5.41, 5.74) is 6.46. The Morgan fingerprint density at radius 1 is 1.12 bits per heavy atom. The van der Waals surface area contributed by atoms with Crippen LogP contribution in [0.3, 0.4) is 0 Å². The number of methoxy groups -OCH3 is 1. The molecule has 0 aliphatic rings. The maximum atomic E-state index is 12.8. The molecule has 0 atom stereocenters. The Hall–Kier alpha value is -3.80. The number of hydrogen-bond acceptors (Lipinski definition) is 9. The Balaban J connectivity index is 2.42. The number of benzene rings is 1. The van der Waals surface area contributed by atoms with E-state index in [2.05, 4.69) is 14.7 Å². The maximum Gasteiger partial charge on any atom is 0.343 e. The van der Waals surface area contributed by atoms with Crippen LogP contribution >= 0.6 is 0 Å². The van der Waals surface area contributed by atoms with Gasteiger partial charge in [-0.2, -0.15) is 9.97 Å². The average Bonchev–Trinajstić information content (AvgIpc) is 3.09. The maximum absolute atomic E-state index is 12.8. The van der Waals surface area contributed by atoms with Crippen LogP contribution in [0.4, 0.5) is 0 Å². The van der Waals surface area contributed by atoms with Gasteiger partial charge in [-0.25, -0.2) is 13.2 Å². The smallest absolute Gasteiger partial charge is 0.343 e. The molecule has 0 aliphatic carbocycles. The summed E-state index contributed by atoms with van der Waals surface area (Å²) >= 11 is 0. The van der Waals surface area contributed by atoms with E-state index in [9.17, 15) is 22.8 Å². The number of amides is 1. The number of nitrogens with zero attached hydrogens (tertiary/aromatic N) is 3. The number of ketones is 1. The summed E-state index contributed by atoms with van der Waals surface area (Å²) in [7, 11) is -2.76. The number of aromatic nitrogens is 3. The Kier molecular flexibility index (Phi) is 6.77. The summed E-state index contributed by atoms with van der Waals surface area (Å²) in [6, 6.07) is 9.17. The van der Waals surface area contributed by atoms with E-state index in [0.29, 0.717) is 5.69 Å². The fourth-order valence-corrected chi connectivity index (χ4v) is 3.86. The molecule has 0 bridgehead atoms. The summed E-state index contributed by atoms with van der Waals surface area (Å²) in [6.45, 7) is 1.36. The van der Waals surface area contributed by atoms with Gasteiger partial charge in [0.05, 0.1) is 18.1 Å². The predicted molar refractivity (Wildman–Crippen MR) is 117 cm³/mol. The zero-order valence-electron chi connectivity index (χ0n) is 18.2. The zero-order chi connectivity index (χ0) is 24.3. The molecule has 33 heavy (non-hydrogen) atoms. The van der Waals surface area contributed by atoms with Crippen LogP contribution in [0.15, 0.2) is 35.5 Å². The predicted octanol–water partition coefficient (Wildman–Crippen LogP) is 0.665. The van der Waals surface area contributed by atoms with E-state index in [1.54, 1.807) is 11.5 Å². The number of carbonyl (C=O) groups excluding carboxylic acids is 3. The number of primary amides is 1. The van der Waals surface area contributed by atoms with Gasteiger partial charge >= 0.3 is 5.97 Å². The van der Waals surface area contributed by atoms with Crippen molar-refractivity contribution in [2.45, 2.75) is 25.0 Å². The van der Waals surface area contributed by atoms with Crippen molar-refractivity contribution in [1.82, 2.24) is 14.5 Å². The molecule has 0 fully saturated rings. The van der Waals surface area contributed by atoms with E-state index in [1.807, 2.05) is 30.3 Å². The van der Waals surface area contributed by atoms with Crippen LogP contribution in [0.1, 0.15) is 28.5 Å². The van der Waals surface area contributed by atoms with Crippen LogP contribution in [0.2, 0.25) is 0 Å². The fourth-order valence-electron chi connectivity index (χ4n) is 3.36. The van der Waals surface area contributed by atoms with Crippen molar-refractivity contribution in [3.05, 3.63) is 47.2 Å². The highest BCUT2D eigenvalue weighted by atomic mass is 32.2. The Morgan fingerprint density at radius 3 is 2.33 bits per heavy atom. The van der Waals surface area contributed by atoms with E-state index in [0.717, 1.165) is 18.9 Å². The molecule has 12 heteroatoms. The highest BCUT2D eigenvalue weighted by Crippen LogP contribution is 2.34. The molecule has 1 aromatic carbocycles. The Labute approximate surface area is 189 Å². The Bertz CT molecular complexity index is 1350. The Morgan fingerprint density at radius 2 is 1.79 bits per heavy atom. The average molecular weight is 474 g/mol. The standard InChI is InChI=1S/C21H22N4O7S/c1-4-13-15(17(27)18(22)28)16-19(25(13)10-12-8-6-5-7-9-12)23-21(33(3,29)30)24-20(16)32-11-14(26)31-2/h5-9H,4,10-11H2,1-3H3,(H2,22,28). The first-order chi connectivity index (χ1) is 15.6. The molecule has 11 nitrogen and oxygen atoms in total. The molecule has 0 unspecified atom stereocenters. The summed E-state index contributed by atoms with van der Waals surface area (Å²) in [5.74, 6) is -3.33. The largest absolute Gasteiger partial charge is 0.466 e. The number of ether oxygens (including phenoxy) is 2. The summed E-state index contributed by atoms with van der Waals surface area (Å²) in [4.78, 5) is 44.4. The third kappa shape index (κ3) is 4.85. The minimum atomic E-state index is -3.91. The minimum Gasteiger partial charge on any atom is -0.466 e. The SMILES string of the molecule is CCc1c(C(=O)C(N)=O)c2c(OCC(=O)OC)nc(S(C)(=O)=O)nc2n1Cc1ccccc1. The van der Waals surface area contributed by atoms with Gasteiger partial charge in [-0.1, -0.05) is 37.3 Å². The molecule has 0 radical (unpaired) electrons. The molecule has 2 N–H and O–H groups in total. The number of sulfone groups is 1. The van der Waals surface area contributed by atoms with Gasteiger partial charge in [0.25, 0.3) is 16.8 Å². The van der Waals surface area contributed by atoms with Gasteiger partial charge in [0, 0.05) is 18.5 Å². The molecule has 3 rings (SSSR count). The first-order valence-corrected chi connectivity index (χ1v) is 11.7. The molecule has 0 saturated carbocycles. The fraction of sp³-hybridized carbons (Fsp3) is 0.286. The number of Topliss-reactive ketones (excluding diaryl/α,β-unsaturated/α-hetero) is 1. The quantitative estimate of drug-likeness (QED) is 0.203. The monoisotopic (exact) mass is 474 g/mol. The number of esters is 1. The summed E-state index contributed by atoms with van der Waals surface area (Å²) in [6.07, 6.45) is 1.20. The molecule has 2 aromatic heterocycles. The van der Waals surface area contributed by atoms with Crippen LogP contribution < -0.4 is 10.5 Å². The van der Waals surface area contributed by atoms with Crippen LogP contribution in [0, 0.1) is 0 Å². The van der Waals surface area contributed by atoms with Crippen molar-refractivity contribution in [3.8, 4) is 5.88 Å². The highest BCUT2D eigenvalue weighted by molar-refractivity contribution is 7.90. The van der Waals surface area contributed by atoms with Crippen LogP contribution in [-0.2, 0) is 37.1 Å². The third-order valence-corrected chi connectivity index (χ3v) is 5.66. The number of carbonyl (C=O) groups is 3. The molecule has 0 saturated heterocycles. The van der Waals surface area contributed by atoms with Crippen molar-refractivity contribution in [3.63, 3.8) is 0 Å². The van der Waals surface area contributed by atoms with Crippen molar-refractivity contribution in [1.29, 1.82) is 0 Å². The van der Waals surface area contributed by atoms with Gasteiger partial charge in [0.1, 0.15) is 5.65 Å². The van der Waals surface area contributed by atoms with E-state index in [1.165, 1.54) is 0 Å². The van der Waals surface area contributed by atoms with Crippen LogP contribution in [-0.4, -0.2) is 60.6 Å². The van der Waals surface area contributed by atoms with Crippen molar-refractivity contribution < 1.29 is 32.3 Å². The zero-order valence-corrected chi connectivity index (χ0v) is 19.0. The lowest BCUT2D eigenvalue weighted by Gasteiger charge is -2.11. The van der Waals surface area contributed by atoms with Gasteiger partial charge in [-0.3, -0.25) is 9.59 Å². The highest BCUT2D eigenvalue weighted by Gasteiger charge is 2.31. The number of rotatable bonds is 9. The normalized spacial score (nSPS) is 11.4. The van der Waals surface area contributed by atoms with Gasteiger partial charge in [0.2, 0.25) is 15.7 Å².